The molecule has 0 spiro atoms. The number of ether oxygens (including phenoxy) is 1. The average Bonchev–Trinajstić information content (AvgIpc) is 2.69. The van der Waals surface area contributed by atoms with Gasteiger partial charge in [-0.05, 0) is 41.8 Å². The lowest BCUT2D eigenvalue weighted by Gasteiger charge is -2.28. The molecular weight excluding hydrogens is 345 g/mol. The number of aromatic nitrogens is 1. The van der Waals surface area contributed by atoms with E-state index in [1.54, 1.807) is 24.5 Å². The Kier molecular flexibility index (Phi) is 7.30. The second kappa shape index (κ2) is 10.1. The van der Waals surface area contributed by atoms with E-state index >= 15 is 0 Å². The fraction of sp³-hybridized carbons (Fsp3) is 0.429. The van der Waals surface area contributed by atoms with Crippen molar-refractivity contribution in [1.82, 2.24) is 14.8 Å². The highest BCUT2D eigenvalue weighted by atomic mass is 19.1. The molecule has 5 nitrogen and oxygen atoms in total. The molecule has 3 rings (SSSR count). The number of hydrogen-bond donors (Lipinski definition) is 0. The van der Waals surface area contributed by atoms with Crippen LogP contribution < -0.4 is 0 Å². The van der Waals surface area contributed by atoms with Crippen LogP contribution in [0.3, 0.4) is 0 Å². The van der Waals surface area contributed by atoms with Crippen LogP contribution in [-0.4, -0.2) is 60.1 Å². The first-order valence-electron chi connectivity index (χ1n) is 9.42. The number of nitrogens with zero attached hydrogens (tertiary/aromatic N) is 3. The highest BCUT2D eigenvalue weighted by Gasteiger charge is 2.16. The Hall–Kier alpha value is -2.31. The van der Waals surface area contributed by atoms with E-state index in [0.29, 0.717) is 18.7 Å². The van der Waals surface area contributed by atoms with Gasteiger partial charge in [-0.3, -0.25) is 14.7 Å². The van der Waals surface area contributed by atoms with Crippen LogP contribution >= 0.6 is 0 Å². The van der Waals surface area contributed by atoms with Crippen molar-refractivity contribution in [1.29, 1.82) is 0 Å². The summed E-state index contributed by atoms with van der Waals surface area (Å²) in [4.78, 5) is 21.1. The molecule has 0 unspecified atom stereocenters. The molecule has 2 heterocycles. The van der Waals surface area contributed by atoms with E-state index in [2.05, 4.69) is 9.88 Å². The molecule has 0 bridgehead atoms. The van der Waals surface area contributed by atoms with Gasteiger partial charge in [0.25, 0.3) is 0 Å². The SMILES string of the molecule is O=C(Cc1cccc(F)c1)N(CCCN1CCOCC1)Cc1ccncc1. The molecule has 1 aromatic heterocycles. The van der Waals surface area contributed by atoms with Gasteiger partial charge in [0.1, 0.15) is 5.82 Å². The molecule has 0 saturated carbocycles. The van der Waals surface area contributed by atoms with Gasteiger partial charge >= 0.3 is 0 Å². The highest BCUT2D eigenvalue weighted by molar-refractivity contribution is 5.78. The van der Waals surface area contributed by atoms with Crippen molar-refractivity contribution in [2.45, 2.75) is 19.4 Å². The molecule has 144 valence electrons. The van der Waals surface area contributed by atoms with Crippen molar-refractivity contribution < 1.29 is 13.9 Å². The maximum absolute atomic E-state index is 13.4. The molecule has 1 aliphatic heterocycles. The van der Waals surface area contributed by atoms with Crippen molar-refractivity contribution in [3.63, 3.8) is 0 Å². The Morgan fingerprint density at radius 3 is 2.67 bits per heavy atom. The van der Waals surface area contributed by atoms with Crippen molar-refractivity contribution >= 4 is 5.91 Å². The first-order valence-corrected chi connectivity index (χ1v) is 9.42. The van der Waals surface area contributed by atoms with E-state index in [-0.39, 0.29) is 18.1 Å². The summed E-state index contributed by atoms with van der Waals surface area (Å²) in [6, 6.07) is 10.1. The summed E-state index contributed by atoms with van der Waals surface area (Å²) in [5.74, 6) is -0.298. The Bertz CT molecular complexity index is 720. The Labute approximate surface area is 159 Å². The van der Waals surface area contributed by atoms with Gasteiger partial charge in [-0.1, -0.05) is 12.1 Å². The molecule has 1 aromatic carbocycles. The lowest BCUT2D eigenvalue weighted by atomic mass is 10.1. The minimum absolute atomic E-state index is 0.0133. The number of morpholine rings is 1. The Morgan fingerprint density at radius 1 is 1.15 bits per heavy atom. The summed E-state index contributed by atoms with van der Waals surface area (Å²) in [7, 11) is 0. The largest absolute Gasteiger partial charge is 0.379 e. The van der Waals surface area contributed by atoms with Gasteiger partial charge in [0.15, 0.2) is 0 Å². The smallest absolute Gasteiger partial charge is 0.227 e. The first-order chi connectivity index (χ1) is 13.2. The van der Waals surface area contributed by atoms with E-state index in [4.69, 9.17) is 4.74 Å². The Morgan fingerprint density at radius 2 is 1.93 bits per heavy atom. The van der Waals surface area contributed by atoms with Gasteiger partial charge in [0.05, 0.1) is 19.6 Å². The van der Waals surface area contributed by atoms with Gasteiger partial charge in [0.2, 0.25) is 5.91 Å². The highest BCUT2D eigenvalue weighted by Crippen LogP contribution is 2.11. The van der Waals surface area contributed by atoms with Gasteiger partial charge in [-0.2, -0.15) is 0 Å². The molecule has 6 heteroatoms. The van der Waals surface area contributed by atoms with E-state index in [1.807, 2.05) is 17.0 Å². The second-order valence-electron chi connectivity index (χ2n) is 6.79. The third kappa shape index (κ3) is 6.41. The van der Waals surface area contributed by atoms with Crippen molar-refractivity contribution in [2.24, 2.45) is 0 Å². The molecule has 1 aliphatic rings. The summed E-state index contributed by atoms with van der Waals surface area (Å²) in [5.41, 5.74) is 1.75. The van der Waals surface area contributed by atoms with Crippen LogP contribution in [0.4, 0.5) is 4.39 Å². The van der Waals surface area contributed by atoms with Crippen LogP contribution in [0.25, 0.3) is 0 Å². The number of pyridine rings is 1. The molecule has 0 aliphatic carbocycles. The minimum Gasteiger partial charge on any atom is -0.379 e. The van der Waals surface area contributed by atoms with Crippen molar-refractivity contribution in [2.75, 3.05) is 39.4 Å². The molecule has 0 atom stereocenters. The zero-order chi connectivity index (χ0) is 18.9. The summed E-state index contributed by atoms with van der Waals surface area (Å²) in [5, 5.41) is 0. The van der Waals surface area contributed by atoms with Crippen molar-refractivity contribution in [3.8, 4) is 0 Å². The third-order valence-electron chi connectivity index (χ3n) is 4.73. The van der Waals surface area contributed by atoms with Crippen LogP contribution in [0.15, 0.2) is 48.8 Å². The van der Waals surface area contributed by atoms with E-state index in [9.17, 15) is 9.18 Å². The lowest BCUT2D eigenvalue weighted by molar-refractivity contribution is -0.131. The predicted octanol–water partition coefficient (Wildman–Crippen LogP) is 2.51. The number of carbonyl (C=O) groups excluding carboxylic acids is 1. The summed E-state index contributed by atoms with van der Waals surface area (Å²) in [6.45, 7) is 5.61. The minimum atomic E-state index is -0.312. The van der Waals surface area contributed by atoms with Gasteiger partial charge in [-0.25, -0.2) is 4.39 Å². The normalized spacial score (nSPS) is 14.9. The molecule has 0 radical (unpaired) electrons. The van der Waals surface area contributed by atoms with E-state index < -0.39 is 0 Å². The molecule has 1 amide bonds. The average molecular weight is 371 g/mol. The number of hydrogen-bond acceptors (Lipinski definition) is 4. The van der Waals surface area contributed by atoms with E-state index in [1.165, 1.54) is 12.1 Å². The third-order valence-corrected chi connectivity index (χ3v) is 4.73. The molecule has 2 aromatic rings. The van der Waals surface area contributed by atoms with E-state index in [0.717, 1.165) is 44.8 Å². The van der Waals surface area contributed by atoms with Crippen LogP contribution in [0.2, 0.25) is 0 Å². The van der Waals surface area contributed by atoms with Gasteiger partial charge < -0.3 is 9.64 Å². The number of benzene rings is 1. The molecule has 1 saturated heterocycles. The molecule has 0 N–H and O–H groups in total. The molecule has 1 fully saturated rings. The van der Waals surface area contributed by atoms with Crippen molar-refractivity contribution in [3.05, 3.63) is 65.7 Å². The van der Waals surface area contributed by atoms with Gasteiger partial charge in [0, 0.05) is 45.1 Å². The van der Waals surface area contributed by atoms with Crippen LogP contribution in [0, 0.1) is 5.82 Å². The standard InChI is InChI=1S/C21H26FN3O2/c22-20-4-1-3-19(15-20)16-21(26)25(17-18-5-7-23-8-6-18)10-2-9-24-11-13-27-14-12-24/h1,3-8,15H,2,9-14,16-17H2. The number of carbonyl (C=O) groups is 1. The topological polar surface area (TPSA) is 45.7 Å². The zero-order valence-corrected chi connectivity index (χ0v) is 15.5. The fourth-order valence-corrected chi connectivity index (χ4v) is 3.24. The number of rotatable bonds is 8. The van der Waals surface area contributed by atoms with Gasteiger partial charge in [-0.15, -0.1) is 0 Å². The predicted molar refractivity (Wildman–Crippen MR) is 102 cm³/mol. The first kappa shape index (κ1) is 19.5. The number of halogens is 1. The maximum Gasteiger partial charge on any atom is 0.227 e. The van der Waals surface area contributed by atoms with Crippen LogP contribution in [-0.2, 0) is 22.5 Å². The lowest BCUT2D eigenvalue weighted by Crippen LogP contribution is -2.39. The fourth-order valence-electron chi connectivity index (χ4n) is 3.24. The summed E-state index contributed by atoms with van der Waals surface area (Å²) in [6.07, 6.45) is 4.58. The summed E-state index contributed by atoms with van der Waals surface area (Å²) >= 11 is 0. The molecular formula is C21H26FN3O2. The summed E-state index contributed by atoms with van der Waals surface area (Å²) < 4.78 is 18.8. The Balaban J connectivity index is 1.60. The maximum atomic E-state index is 13.4. The number of amides is 1. The van der Waals surface area contributed by atoms with Crippen LogP contribution in [0.5, 0.6) is 0 Å². The molecule has 27 heavy (non-hydrogen) atoms. The zero-order valence-electron chi connectivity index (χ0n) is 15.5. The monoisotopic (exact) mass is 371 g/mol. The second-order valence-corrected chi connectivity index (χ2v) is 6.79. The van der Waals surface area contributed by atoms with Crippen LogP contribution in [0.1, 0.15) is 17.5 Å². The quantitative estimate of drug-likeness (QED) is 0.715.